The second-order valence-corrected chi connectivity index (χ2v) is 13.8. The van der Waals surface area contributed by atoms with Crippen molar-refractivity contribution in [3.8, 4) is 0 Å². The zero-order valence-corrected chi connectivity index (χ0v) is 25.8. The lowest BCUT2D eigenvalue weighted by Gasteiger charge is -2.27. The van der Waals surface area contributed by atoms with Crippen molar-refractivity contribution in [2.75, 3.05) is 45.7 Å². The zero-order valence-electron chi connectivity index (χ0n) is 25.0. The second-order valence-electron chi connectivity index (χ2n) is 11.8. The van der Waals surface area contributed by atoms with E-state index in [9.17, 15) is 27.6 Å². The third-order valence-corrected chi connectivity index (χ3v) is 9.13. The molecule has 0 radical (unpaired) electrons. The predicted octanol–water partition coefficient (Wildman–Crippen LogP) is 0.298. The van der Waals surface area contributed by atoms with Crippen LogP contribution in [0.1, 0.15) is 45.1 Å². The predicted molar refractivity (Wildman–Crippen MR) is 158 cm³/mol. The van der Waals surface area contributed by atoms with Gasteiger partial charge in [0, 0.05) is 25.8 Å². The summed E-state index contributed by atoms with van der Waals surface area (Å²) in [6.45, 7) is 5.96. The Hall–Kier alpha value is -3.13. The van der Waals surface area contributed by atoms with E-state index in [0.29, 0.717) is 38.3 Å². The molecule has 0 saturated carbocycles. The van der Waals surface area contributed by atoms with Gasteiger partial charge in [0.05, 0.1) is 37.3 Å². The highest BCUT2D eigenvalue weighted by atomic mass is 32.2. The van der Waals surface area contributed by atoms with E-state index in [1.165, 1.54) is 19.1 Å². The topological polar surface area (TPSA) is 164 Å². The fourth-order valence-corrected chi connectivity index (χ4v) is 5.85. The van der Waals surface area contributed by atoms with Gasteiger partial charge in [0.25, 0.3) is 0 Å². The van der Waals surface area contributed by atoms with Crippen LogP contribution < -0.4 is 16.0 Å². The van der Waals surface area contributed by atoms with Crippen molar-refractivity contribution < 1.29 is 37.1 Å². The Morgan fingerprint density at radius 1 is 0.977 bits per heavy atom. The number of morpholine rings is 1. The number of sulfone groups is 1. The number of amides is 3. The maximum absolute atomic E-state index is 13.7. The van der Waals surface area contributed by atoms with Crippen LogP contribution in [0.5, 0.6) is 0 Å². The largest absolute Gasteiger partial charge is 0.379 e. The lowest BCUT2D eigenvalue weighted by molar-refractivity contribution is -0.134. The van der Waals surface area contributed by atoms with Gasteiger partial charge in [-0.2, -0.15) is 0 Å². The first-order valence-corrected chi connectivity index (χ1v) is 16.6. The van der Waals surface area contributed by atoms with Gasteiger partial charge in [-0.3, -0.25) is 24.1 Å². The molecule has 3 N–H and O–H groups in total. The van der Waals surface area contributed by atoms with E-state index < -0.39 is 45.4 Å². The molecule has 43 heavy (non-hydrogen) atoms. The number of nitrogens with zero attached hydrogens (tertiary/aromatic N) is 1. The molecule has 1 aromatic carbocycles. The van der Waals surface area contributed by atoms with Crippen LogP contribution in [0, 0.1) is 0 Å². The summed E-state index contributed by atoms with van der Waals surface area (Å²) in [6, 6.07) is 3.19. The van der Waals surface area contributed by atoms with Crippen LogP contribution >= 0.6 is 0 Å². The van der Waals surface area contributed by atoms with Crippen molar-refractivity contribution >= 4 is 33.3 Å². The van der Waals surface area contributed by atoms with Crippen molar-refractivity contribution in [1.82, 2.24) is 20.9 Å². The molecule has 13 heteroatoms. The maximum atomic E-state index is 13.7. The average molecular weight is 619 g/mol. The summed E-state index contributed by atoms with van der Waals surface area (Å²) < 4.78 is 34.5. The molecule has 2 aliphatic heterocycles. The number of ether oxygens (including phenoxy) is 2. The van der Waals surface area contributed by atoms with Gasteiger partial charge < -0.3 is 25.4 Å². The molecular weight excluding hydrogens is 576 g/mol. The Balaban J connectivity index is 1.47. The van der Waals surface area contributed by atoms with Gasteiger partial charge in [-0.25, -0.2) is 8.42 Å². The first kappa shape index (κ1) is 32.8. The molecule has 4 atom stereocenters. The molecule has 1 aliphatic carbocycles. The van der Waals surface area contributed by atoms with Crippen LogP contribution in [-0.4, -0.2) is 106 Å². The number of Topliss-reactive ketones (excluding diaryl/α,β-unsaturated/α-hetero) is 1. The second kappa shape index (κ2) is 14.1. The van der Waals surface area contributed by atoms with Crippen LogP contribution in [0.4, 0.5) is 0 Å². The average Bonchev–Trinajstić information content (AvgIpc) is 3.50. The molecule has 2 fully saturated rings. The minimum atomic E-state index is -3.42. The van der Waals surface area contributed by atoms with Crippen molar-refractivity contribution in [3.05, 3.63) is 41.5 Å². The number of rotatable bonds is 14. The molecule has 236 valence electrons. The molecular formula is C30H42N4O8S. The lowest BCUT2D eigenvalue weighted by atomic mass is 9.94. The van der Waals surface area contributed by atoms with Crippen molar-refractivity contribution in [2.45, 2.75) is 74.6 Å². The minimum Gasteiger partial charge on any atom is -0.379 e. The monoisotopic (exact) mass is 618 g/mol. The molecule has 2 heterocycles. The number of hydrogen-bond acceptors (Lipinski definition) is 9. The van der Waals surface area contributed by atoms with E-state index in [-0.39, 0.29) is 36.2 Å². The Morgan fingerprint density at radius 3 is 2.21 bits per heavy atom. The minimum absolute atomic E-state index is 0.0352. The van der Waals surface area contributed by atoms with Gasteiger partial charge in [0.1, 0.15) is 17.7 Å². The normalized spacial score (nSPS) is 22.5. The van der Waals surface area contributed by atoms with Gasteiger partial charge >= 0.3 is 0 Å². The van der Waals surface area contributed by atoms with Crippen LogP contribution in [0.15, 0.2) is 40.8 Å². The molecule has 3 amide bonds. The zero-order chi connectivity index (χ0) is 31.2. The van der Waals surface area contributed by atoms with E-state index in [2.05, 4.69) is 22.0 Å². The number of hydrogen-bond donors (Lipinski definition) is 3. The molecule has 0 aromatic heterocycles. The molecule has 0 bridgehead atoms. The molecule has 3 aliphatic rings. The standard InChI is InChI=1S/C30H42N4O8S/c1-20(31-26(35)18-34-12-14-41-15-13-34)28(37)33-25(17-22-8-10-23(11-9-22)43(3,39)40)29(38)32-24(16-21-6-4-5-7-21)27(36)30(2)19-42-30/h6,8-11,20,24-25H,4-5,7,12-19H2,1-3H3,(H,31,35)(H,32,38)(H,33,37)/t20-,24-,25-,30-/m0/s1. The Kier molecular flexibility index (Phi) is 10.8. The Labute approximate surface area is 252 Å². The maximum Gasteiger partial charge on any atom is 0.243 e. The van der Waals surface area contributed by atoms with Crippen molar-refractivity contribution in [3.63, 3.8) is 0 Å². The van der Waals surface area contributed by atoms with Crippen LogP contribution in [0.25, 0.3) is 0 Å². The Morgan fingerprint density at radius 2 is 1.63 bits per heavy atom. The number of nitrogens with one attached hydrogen (secondary N) is 3. The van der Waals surface area contributed by atoms with Gasteiger partial charge in [0.2, 0.25) is 17.7 Å². The summed E-state index contributed by atoms with van der Waals surface area (Å²) in [5.74, 6) is -1.68. The third kappa shape index (κ3) is 9.43. The van der Waals surface area contributed by atoms with Gasteiger partial charge in [-0.1, -0.05) is 23.8 Å². The van der Waals surface area contributed by atoms with Gasteiger partial charge in [-0.05, 0) is 57.2 Å². The smallest absolute Gasteiger partial charge is 0.243 e. The van der Waals surface area contributed by atoms with E-state index in [1.807, 2.05) is 4.90 Å². The summed E-state index contributed by atoms with van der Waals surface area (Å²) in [5, 5.41) is 8.28. The SMILES string of the molecule is C[C@H](NC(=O)CN1CCOCC1)C(=O)N[C@@H](Cc1ccc(S(C)(=O)=O)cc1)C(=O)N[C@@H](CC1=CCCC1)C(=O)[C@]1(C)CO1. The van der Waals surface area contributed by atoms with E-state index in [4.69, 9.17) is 9.47 Å². The number of epoxide rings is 1. The first-order chi connectivity index (χ1) is 20.3. The summed E-state index contributed by atoms with van der Waals surface area (Å²) >= 11 is 0. The van der Waals surface area contributed by atoms with E-state index >= 15 is 0 Å². The Bertz CT molecular complexity index is 1330. The van der Waals surface area contributed by atoms with E-state index in [0.717, 1.165) is 31.1 Å². The van der Waals surface area contributed by atoms with E-state index in [1.54, 1.807) is 19.1 Å². The summed E-state index contributed by atoms with van der Waals surface area (Å²) in [6.07, 6.45) is 6.37. The van der Waals surface area contributed by atoms with Crippen LogP contribution in [0.3, 0.4) is 0 Å². The fourth-order valence-electron chi connectivity index (χ4n) is 5.22. The molecule has 0 spiro atoms. The molecule has 1 aromatic rings. The number of carbonyl (C=O) groups excluding carboxylic acids is 4. The number of carbonyl (C=O) groups is 4. The van der Waals surface area contributed by atoms with Crippen molar-refractivity contribution in [1.29, 1.82) is 0 Å². The summed E-state index contributed by atoms with van der Waals surface area (Å²) in [7, 11) is -3.42. The first-order valence-electron chi connectivity index (χ1n) is 14.7. The molecule has 12 nitrogen and oxygen atoms in total. The van der Waals surface area contributed by atoms with Gasteiger partial charge in [-0.15, -0.1) is 0 Å². The fraction of sp³-hybridized carbons (Fsp3) is 0.600. The number of benzene rings is 1. The van der Waals surface area contributed by atoms with Crippen molar-refractivity contribution in [2.24, 2.45) is 0 Å². The van der Waals surface area contributed by atoms with Gasteiger partial charge in [0.15, 0.2) is 15.6 Å². The quantitative estimate of drug-likeness (QED) is 0.197. The molecule has 4 rings (SSSR count). The highest BCUT2D eigenvalue weighted by Crippen LogP contribution is 2.31. The number of allylic oxidation sites excluding steroid dienone is 1. The van der Waals surface area contributed by atoms with Crippen LogP contribution in [0.2, 0.25) is 0 Å². The highest BCUT2D eigenvalue weighted by molar-refractivity contribution is 7.90. The summed E-state index contributed by atoms with van der Waals surface area (Å²) in [5.41, 5.74) is 0.753. The lowest BCUT2D eigenvalue weighted by Crippen LogP contribution is -2.57. The highest BCUT2D eigenvalue weighted by Gasteiger charge is 2.50. The molecule has 2 saturated heterocycles. The van der Waals surface area contributed by atoms with Crippen LogP contribution in [-0.2, 0) is 44.9 Å². The number of ketones is 1. The third-order valence-electron chi connectivity index (χ3n) is 8.00. The molecule has 0 unspecified atom stereocenters. The summed E-state index contributed by atoms with van der Waals surface area (Å²) in [4.78, 5) is 54.9.